The third-order valence-corrected chi connectivity index (χ3v) is 9.49. The van der Waals surface area contributed by atoms with E-state index >= 15 is 0 Å². The Morgan fingerprint density at radius 2 is 0.940 bits per heavy atom. The number of carboxylic acids is 1. The molecule has 0 aromatic heterocycles. The highest BCUT2D eigenvalue weighted by Gasteiger charge is 2.37. The predicted molar refractivity (Wildman–Crippen MR) is 202 cm³/mol. The summed E-state index contributed by atoms with van der Waals surface area (Å²) in [5.41, 5.74) is 0. The van der Waals surface area contributed by atoms with Crippen molar-refractivity contribution < 1.29 is 45.3 Å². The minimum atomic E-state index is -1.74. The minimum Gasteiger partial charge on any atom is -0.479 e. The van der Waals surface area contributed by atoms with Crippen molar-refractivity contribution in [3.63, 3.8) is 0 Å². The van der Waals surface area contributed by atoms with Crippen LogP contribution in [0.3, 0.4) is 0 Å². The Hall–Kier alpha value is -1.34. The number of amides is 1. The second kappa shape index (κ2) is 34.7. The Balaban J connectivity index is 0. The fraction of sp³-hybridized carbons (Fsp3) is 0.949. The average Bonchev–Trinajstić information content (AvgIpc) is 3.09. The topological polar surface area (TPSA) is 191 Å². The van der Waals surface area contributed by atoms with Crippen molar-refractivity contribution in [3.05, 3.63) is 0 Å². The molecule has 0 aromatic carbocycles. The summed E-state index contributed by atoms with van der Waals surface area (Å²) >= 11 is 0. The largest absolute Gasteiger partial charge is 0.479 e. The lowest BCUT2D eigenvalue weighted by Gasteiger charge is -2.37. The molecular formula is C39H80N2O9. The van der Waals surface area contributed by atoms with Gasteiger partial charge in [0, 0.05) is 5.92 Å². The van der Waals surface area contributed by atoms with Crippen molar-refractivity contribution in [1.82, 2.24) is 10.2 Å². The fourth-order valence-corrected chi connectivity index (χ4v) is 6.10. The average molecular weight is 721 g/mol. The molecule has 0 saturated carbocycles. The molecule has 0 saturated heterocycles. The second-order valence-corrected chi connectivity index (χ2v) is 14.3. The van der Waals surface area contributed by atoms with Crippen LogP contribution in [0.15, 0.2) is 0 Å². The van der Waals surface area contributed by atoms with Crippen LogP contribution in [-0.4, -0.2) is 109 Å². The molecular weight excluding hydrogens is 640 g/mol. The second-order valence-electron chi connectivity index (χ2n) is 14.3. The van der Waals surface area contributed by atoms with Gasteiger partial charge in [0.15, 0.2) is 0 Å². The van der Waals surface area contributed by atoms with Gasteiger partial charge in [-0.25, -0.2) is 4.79 Å². The lowest BCUT2D eigenvalue weighted by atomic mass is 9.92. The molecule has 50 heavy (non-hydrogen) atoms. The van der Waals surface area contributed by atoms with Crippen molar-refractivity contribution in [2.24, 2.45) is 5.92 Å². The molecule has 0 aromatic rings. The maximum absolute atomic E-state index is 13.6. The standard InChI is InChI=1S/C36H74N2O6.C3H6O3/c1-5-8-10-12-14-16-18-20-22-24-26-30(27-25-23-21-19-17-15-13-11-9-6-2)36(44)37-35(38(4)28-7-3)34(43)33(42)32(41)31(40)29-39;1-2(4)3(5)6/h30-35,39-43H,5-29H2,1-4H3,(H,37,44);2,4H,1H3,(H,5,6)/t31-,32-,33+,34-,35?;/m1./s1. The zero-order valence-corrected chi connectivity index (χ0v) is 32.6. The molecule has 2 unspecified atom stereocenters. The molecule has 0 heterocycles. The summed E-state index contributed by atoms with van der Waals surface area (Å²) in [7, 11) is 1.76. The highest BCUT2D eigenvalue weighted by molar-refractivity contribution is 5.79. The maximum Gasteiger partial charge on any atom is 0.332 e. The van der Waals surface area contributed by atoms with Crippen LogP contribution in [0.2, 0.25) is 0 Å². The van der Waals surface area contributed by atoms with Gasteiger partial charge in [0.1, 0.15) is 36.7 Å². The monoisotopic (exact) mass is 721 g/mol. The molecule has 0 rings (SSSR count). The molecule has 0 radical (unpaired) electrons. The maximum atomic E-state index is 13.6. The SMILES string of the molecule is CC(O)C(=O)O.CCCCCCCCCCCCC(CCCCCCCCCCCC)C(=O)NC([C@H](O)[C@@H](O)[C@H](O)[C@H](O)CO)N(C)CCC. The van der Waals surface area contributed by atoms with Gasteiger partial charge in [0.2, 0.25) is 5.91 Å². The van der Waals surface area contributed by atoms with E-state index in [2.05, 4.69) is 19.2 Å². The van der Waals surface area contributed by atoms with Crippen LogP contribution in [0.1, 0.15) is 175 Å². The van der Waals surface area contributed by atoms with Crippen LogP contribution in [0, 0.1) is 5.92 Å². The van der Waals surface area contributed by atoms with Gasteiger partial charge in [-0.2, -0.15) is 0 Å². The molecule has 11 nitrogen and oxygen atoms in total. The van der Waals surface area contributed by atoms with Crippen molar-refractivity contribution in [3.8, 4) is 0 Å². The molecule has 1 amide bonds. The number of likely N-dealkylation sites (N-methyl/N-ethyl adjacent to an activating group) is 1. The fourth-order valence-electron chi connectivity index (χ4n) is 6.10. The van der Waals surface area contributed by atoms with Gasteiger partial charge < -0.3 is 41.1 Å². The predicted octanol–water partition coefficient (Wildman–Crippen LogP) is 5.90. The van der Waals surface area contributed by atoms with Crippen LogP contribution in [0.25, 0.3) is 0 Å². The molecule has 0 fully saturated rings. The smallest absolute Gasteiger partial charge is 0.332 e. The number of carbonyl (C=O) groups excluding carboxylic acids is 1. The highest BCUT2D eigenvalue weighted by Crippen LogP contribution is 2.22. The highest BCUT2D eigenvalue weighted by atomic mass is 16.4. The number of hydrogen-bond donors (Lipinski definition) is 8. The van der Waals surface area contributed by atoms with Gasteiger partial charge in [-0.05, 0) is 39.8 Å². The van der Waals surface area contributed by atoms with Crippen LogP contribution in [0.5, 0.6) is 0 Å². The van der Waals surface area contributed by atoms with Crippen molar-refractivity contribution >= 4 is 11.9 Å². The molecule has 0 spiro atoms. The molecule has 0 bridgehead atoms. The van der Waals surface area contributed by atoms with E-state index in [4.69, 9.17) is 10.2 Å². The van der Waals surface area contributed by atoms with Crippen LogP contribution < -0.4 is 5.32 Å². The zero-order chi connectivity index (χ0) is 38.2. The summed E-state index contributed by atoms with van der Waals surface area (Å²) < 4.78 is 0. The minimum absolute atomic E-state index is 0.131. The number of unbranched alkanes of at least 4 members (excludes halogenated alkanes) is 18. The number of aliphatic carboxylic acids is 1. The summed E-state index contributed by atoms with van der Waals surface area (Å²) in [5.74, 6) is -1.49. The number of aliphatic hydroxyl groups excluding tert-OH is 6. The van der Waals surface area contributed by atoms with E-state index in [9.17, 15) is 35.1 Å². The third-order valence-electron chi connectivity index (χ3n) is 9.49. The quantitative estimate of drug-likeness (QED) is 0.0299. The number of hydrogen-bond acceptors (Lipinski definition) is 9. The van der Waals surface area contributed by atoms with Gasteiger partial charge in [-0.15, -0.1) is 0 Å². The van der Waals surface area contributed by atoms with E-state index < -0.39 is 49.3 Å². The summed E-state index contributed by atoms with van der Waals surface area (Å²) in [4.78, 5) is 24.9. The van der Waals surface area contributed by atoms with Gasteiger partial charge in [-0.1, -0.05) is 149 Å². The van der Waals surface area contributed by atoms with Crippen LogP contribution >= 0.6 is 0 Å². The Bertz CT molecular complexity index is 750. The van der Waals surface area contributed by atoms with E-state index in [1.165, 1.54) is 110 Å². The summed E-state index contributed by atoms with van der Waals surface area (Å²) in [6.07, 6.45) is 18.5. The van der Waals surface area contributed by atoms with Crippen molar-refractivity contribution in [2.45, 2.75) is 212 Å². The van der Waals surface area contributed by atoms with Gasteiger partial charge in [0.25, 0.3) is 0 Å². The lowest BCUT2D eigenvalue weighted by molar-refractivity contribution is -0.145. The first-order chi connectivity index (χ1) is 23.9. The van der Waals surface area contributed by atoms with Gasteiger partial charge in [-0.3, -0.25) is 9.69 Å². The Morgan fingerprint density at radius 1 is 0.580 bits per heavy atom. The number of carbonyl (C=O) groups is 2. The van der Waals surface area contributed by atoms with Crippen molar-refractivity contribution in [1.29, 1.82) is 0 Å². The molecule has 11 heteroatoms. The van der Waals surface area contributed by atoms with E-state index in [0.29, 0.717) is 6.54 Å². The molecule has 300 valence electrons. The molecule has 0 aliphatic carbocycles. The molecule has 8 N–H and O–H groups in total. The summed E-state index contributed by atoms with van der Waals surface area (Å²) in [6, 6.07) is 0. The number of carboxylic acid groups (broad SMARTS) is 1. The third kappa shape index (κ3) is 27.3. The molecule has 0 aliphatic rings. The van der Waals surface area contributed by atoms with E-state index in [0.717, 1.165) is 44.9 Å². The number of rotatable bonds is 33. The number of nitrogens with zero attached hydrogens (tertiary/aromatic N) is 1. The Labute approximate surface area is 305 Å². The van der Waals surface area contributed by atoms with Gasteiger partial charge in [0.05, 0.1) is 6.61 Å². The van der Waals surface area contributed by atoms with Gasteiger partial charge >= 0.3 is 5.97 Å². The number of nitrogens with one attached hydrogen (secondary N) is 1. The van der Waals surface area contributed by atoms with Crippen LogP contribution in [-0.2, 0) is 9.59 Å². The summed E-state index contributed by atoms with van der Waals surface area (Å²) in [6.45, 7) is 7.49. The number of aliphatic hydroxyl groups is 6. The first-order valence-corrected chi connectivity index (χ1v) is 20.1. The normalized spacial score (nSPS) is 15.2. The van der Waals surface area contributed by atoms with E-state index in [1.54, 1.807) is 11.9 Å². The zero-order valence-electron chi connectivity index (χ0n) is 32.6. The van der Waals surface area contributed by atoms with Crippen molar-refractivity contribution in [2.75, 3.05) is 20.2 Å². The Morgan fingerprint density at radius 3 is 1.26 bits per heavy atom. The van der Waals surface area contributed by atoms with Crippen LogP contribution in [0.4, 0.5) is 0 Å². The lowest BCUT2D eigenvalue weighted by Crippen LogP contribution is -2.61. The van der Waals surface area contributed by atoms with E-state index in [-0.39, 0.29) is 11.8 Å². The summed E-state index contributed by atoms with van der Waals surface area (Å²) in [5, 5.41) is 69.6. The molecule has 6 atom stereocenters. The first-order valence-electron chi connectivity index (χ1n) is 20.1. The molecule has 0 aliphatic heterocycles. The first kappa shape index (κ1) is 50.8. The Kier molecular flexibility index (Phi) is 35.3. The van der Waals surface area contributed by atoms with E-state index in [1.807, 2.05) is 6.92 Å².